The number of hydrogen-bond donors (Lipinski definition) is 0. The van der Waals surface area contributed by atoms with Gasteiger partial charge >= 0.3 is 0 Å². The summed E-state index contributed by atoms with van der Waals surface area (Å²) in [5, 5.41) is 10.7. The number of ketones is 1. The van der Waals surface area contributed by atoms with Crippen LogP contribution < -0.4 is 0 Å². The van der Waals surface area contributed by atoms with E-state index < -0.39 is 4.92 Å². The average Bonchev–Trinajstić information content (AvgIpc) is 2.38. The Kier molecular flexibility index (Phi) is 3.14. The molecular formula is C13H10N2O3. The van der Waals surface area contributed by atoms with E-state index >= 15 is 0 Å². The fourth-order valence-electron chi connectivity index (χ4n) is 1.62. The Morgan fingerprint density at radius 3 is 2.72 bits per heavy atom. The summed E-state index contributed by atoms with van der Waals surface area (Å²) in [5.74, 6) is -0.309. The van der Waals surface area contributed by atoms with E-state index in [0.717, 1.165) is 5.56 Å². The van der Waals surface area contributed by atoms with E-state index in [1.165, 1.54) is 24.4 Å². The molecule has 2 rings (SSSR count). The molecular weight excluding hydrogens is 232 g/mol. The van der Waals surface area contributed by atoms with E-state index in [-0.39, 0.29) is 17.0 Å². The summed E-state index contributed by atoms with van der Waals surface area (Å²) in [6.45, 7) is 1.78. The summed E-state index contributed by atoms with van der Waals surface area (Å²) < 4.78 is 0. The second-order valence-corrected chi connectivity index (χ2v) is 3.81. The summed E-state index contributed by atoms with van der Waals surface area (Å²) in [6, 6.07) is 9.16. The fraction of sp³-hybridized carbons (Fsp3) is 0.0769. The molecule has 90 valence electrons. The van der Waals surface area contributed by atoms with Gasteiger partial charge in [-0.15, -0.1) is 0 Å². The molecule has 0 unspecified atom stereocenters. The van der Waals surface area contributed by atoms with Crippen LogP contribution in [0.15, 0.2) is 42.6 Å². The number of nitrogens with zero attached hydrogens (tertiary/aromatic N) is 2. The molecule has 0 amide bonds. The number of rotatable bonds is 3. The van der Waals surface area contributed by atoms with Crippen LogP contribution in [0.2, 0.25) is 0 Å². The third kappa shape index (κ3) is 2.24. The van der Waals surface area contributed by atoms with Crippen molar-refractivity contribution in [2.75, 3.05) is 0 Å². The van der Waals surface area contributed by atoms with E-state index in [1.54, 1.807) is 25.1 Å². The molecule has 18 heavy (non-hydrogen) atoms. The van der Waals surface area contributed by atoms with Crippen LogP contribution in [-0.2, 0) is 0 Å². The molecule has 5 heteroatoms. The van der Waals surface area contributed by atoms with Gasteiger partial charge in [-0.3, -0.25) is 19.9 Å². The molecule has 0 aliphatic heterocycles. The SMILES string of the molecule is Cc1cccnc1C(=O)c1cccc([N+](=O)[O-])c1. The normalized spacial score (nSPS) is 10.1. The zero-order valence-corrected chi connectivity index (χ0v) is 9.66. The van der Waals surface area contributed by atoms with Gasteiger partial charge in [0.15, 0.2) is 0 Å². The van der Waals surface area contributed by atoms with Gasteiger partial charge in [-0.1, -0.05) is 18.2 Å². The van der Waals surface area contributed by atoms with Crippen molar-refractivity contribution in [3.63, 3.8) is 0 Å². The van der Waals surface area contributed by atoms with Gasteiger partial charge in [0.25, 0.3) is 5.69 Å². The first kappa shape index (κ1) is 11.9. The topological polar surface area (TPSA) is 73.1 Å². The maximum Gasteiger partial charge on any atom is 0.270 e. The van der Waals surface area contributed by atoms with Crippen LogP contribution in [0.25, 0.3) is 0 Å². The average molecular weight is 242 g/mol. The van der Waals surface area contributed by atoms with Gasteiger partial charge in [0.2, 0.25) is 5.78 Å². The lowest BCUT2D eigenvalue weighted by atomic mass is 10.0. The van der Waals surface area contributed by atoms with Crippen LogP contribution in [-0.4, -0.2) is 15.7 Å². The van der Waals surface area contributed by atoms with Crippen LogP contribution in [0.5, 0.6) is 0 Å². The molecule has 0 saturated carbocycles. The number of hydrogen-bond acceptors (Lipinski definition) is 4. The van der Waals surface area contributed by atoms with E-state index in [9.17, 15) is 14.9 Å². The summed E-state index contributed by atoms with van der Waals surface area (Å²) in [5.41, 5.74) is 1.23. The van der Waals surface area contributed by atoms with Crippen molar-refractivity contribution >= 4 is 11.5 Å². The number of pyridine rings is 1. The van der Waals surface area contributed by atoms with Gasteiger partial charge in [-0.25, -0.2) is 0 Å². The third-order valence-electron chi connectivity index (χ3n) is 2.54. The maximum absolute atomic E-state index is 12.2. The molecule has 0 spiro atoms. The van der Waals surface area contributed by atoms with Crippen LogP contribution >= 0.6 is 0 Å². The highest BCUT2D eigenvalue weighted by Gasteiger charge is 2.15. The van der Waals surface area contributed by atoms with Crippen molar-refractivity contribution in [1.29, 1.82) is 0 Å². The molecule has 5 nitrogen and oxygen atoms in total. The molecule has 0 bridgehead atoms. The number of carbonyl (C=O) groups excluding carboxylic acids is 1. The predicted molar refractivity (Wildman–Crippen MR) is 65.5 cm³/mol. The van der Waals surface area contributed by atoms with Crippen molar-refractivity contribution in [3.05, 3.63) is 69.5 Å². The molecule has 1 heterocycles. The van der Waals surface area contributed by atoms with Gasteiger partial charge in [0.05, 0.1) is 4.92 Å². The lowest BCUT2D eigenvalue weighted by Crippen LogP contribution is -2.06. The molecule has 0 aliphatic rings. The molecule has 0 N–H and O–H groups in total. The van der Waals surface area contributed by atoms with Gasteiger partial charge < -0.3 is 0 Å². The van der Waals surface area contributed by atoms with Crippen LogP contribution in [0.3, 0.4) is 0 Å². The number of carbonyl (C=O) groups is 1. The number of nitro benzene ring substituents is 1. The smallest absolute Gasteiger partial charge is 0.270 e. The third-order valence-corrected chi connectivity index (χ3v) is 2.54. The molecule has 0 radical (unpaired) electrons. The number of nitro groups is 1. The molecule has 0 aliphatic carbocycles. The van der Waals surface area contributed by atoms with Crippen LogP contribution in [0.4, 0.5) is 5.69 Å². The number of aryl methyl sites for hydroxylation is 1. The van der Waals surface area contributed by atoms with Crippen molar-refractivity contribution < 1.29 is 9.72 Å². The summed E-state index contributed by atoms with van der Waals surface area (Å²) >= 11 is 0. The number of benzene rings is 1. The number of non-ortho nitro benzene ring substituents is 1. The van der Waals surface area contributed by atoms with E-state index in [2.05, 4.69) is 4.98 Å². The standard InChI is InChI=1S/C13H10N2O3/c1-9-4-3-7-14-12(9)13(16)10-5-2-6-11(8-10)15(17)18/h2-8H,1H3. The predicted octanol–water partition coefficient (Wildman–Crippen LogP) is 2.53. The zero-order chi connectivity index (χ0) is 13.1. The summed E-state index contributed by atoms with van der Waals surface area (Å²) in [7, 11) is 0. The Hall–Kier alpha value is -2.56. The van der Waals surface area contributed by atoms with E-state index in [4.69, 9.17) is 0 Å². The van der Waals surface area contributed by atoms with Gasteiger partial charge in [-0.05, 0) is 18.6 Å². The van der Waals surface area contributed by atoms with Crippen molar-refractivity contribution in [2.24, 2.45) is 0 Å². The summed E-state index contributed by atoms with van der Waals surface area (Å²) in [6.07, 6.45) is 1.53. The second-order valence-electron chi connectivity index (χ2n) is 3.81. The fourth-order valence-corrected chi connectivity index (χ4v) is 1.62. The molecule has 0 fully saturated rings. The Balaban J connectivity index is 2.44. The minimum absolute atomic E-state index is 0.102. The Labute approximate surface area is 103 Å². The largest absolute Gasteiger partial charge is 0.287 e. The van der Waals surface area contributed by atoms with Crippen molar-refractivity contribution in [3.8, 4) is 0 Å². The Morgan fingerprint density at radius 2 is 2.06 bits per heavy atom. The van der Waals surface area contributed by atoms with Crippen LogP contribution in [0.1, 0.15) is 21.6 Å². The van der Waals surface area contributed by atoms with Crippen molar-refractivity contribution in [1.82, 2.24) is 4.98 Å². The lowest BCUT2D eigenvalue weighted by molar-refractivity contribution is -0.384. The van der Waals surface area contributed by atoms with Gasteiger partial charge in [0, 0.05) is 23.9 Å². The lowest BCUT2D eigenvalue weighted by Gasteiger charge is -2.03. The molecule has 2 aromatic rings. The minimum atomic E-state index is -0.526. The molecule has 0 atom stereocenters. The molecule has 1 aromatic carbocycles. The highest BCUT2D eigenvalue weighted by atomic mass is 16.6. The Bertz CT molecular complexity index is 623. The zero-order valence-electron chi connectivity index (χ0n) is 9.66. The Morgan fingerprint density at radius 1 is 1.28 bits per heavy atom. The van der Waals surface area contributed by atoms with Crippen LogP contribution in [0, 0.1) is 17.0 Å². The van der Waals surface area contributed by atoms with E-state index in [0.29, 0.717) is 5.69 Å². The highest BCUT2D eigenvalue weighted by Crippen LogP contribution is 2.17. The van der Waals surface area contributed by atoms with Gasteiger partial charge in [-0.2, -0.15) is 0 Å². The molecule has 0 saturated heterocycles. The number of aromatic nitrogens is 1. The maximum atomic E-state index is 12.2. The summed E-state index contributed by atoms with van der Waals surface area (Å²) in [4.78, 5) is 26.3. The quantitative estimate of drug-likeness (QED) is 0.471. The molecule has 1 aromatic heterocycles. The second kappa shape index (κ2) is 4.75. The van der Waals surface area contributed by atoms with E-state index in [1.807, 2.05) is 0 Å². The first-order valence-corrected chi connectivity index (χ1v) is 5.30. The van der Waals surface area contributed by atoms with Crippen molar-refractivity contribution in [2.45, 2.75) is 6.92 Å². The van der Waals surface area contributed by atoms with Gasteiger partial charge in [0.1, 0.15) is 5.69 Å². The first-order chi connectivity index (χ1) is 8.59. The minimum Gasteiger partial charge on any atom is -0.287 e. The monoisotopic (exact) mass is 242 g/mol. The highest BCUT2D eigenvalue weighted by molar-refractivity contribution is 6.08. The first-order valence-electron chi connectivity index (χ1n) is 5.30.